The van der Waals surface area contributed by atoms with Gasteiger partial charge in [0.05, 0.1) is 0 Å². The molecule has 0 aliphatic heterocycles. The molecule has 1 aromatic rings. The number of nitrogens with two attached hydrogens (primary N) is 1. The third-order valence-electron chi connectivity index (χ3n) is 3.29. The van der Waals surface area contributed by atoms with E-state index >= 15 is 0 Å². The Morgan fingerprint density at radius 2 is 2.35 bits per heavy atom. The van der Waals surface area contributed by atoms with Crippen molar-refractivity contribution in [2.24, 2.45) is 5.73 Å². The predicted molar refractivity (Wildman–Crippen MR) is 66.7 cm³/mol. The normalized spacial score (nSPS) is 15.4. The summed E-state index contributed by atoms with van der Waals surface area (Å²) in [7, 11) is 0. The van der Waals surface area contributed by atoms with Crippen LogP contribution in [0.25, 0.3) is 0 Å². The van der Waals surface area contributed by atoms with Gasteiger partial charge in [0.25, 0.3) is 5.91 Å². The zero-order chi connectivity index (χ0) is 12.3. The highest BCUT2D eigenvalue weighted by atomic mass is 16.2. The molecule has 1 aliphatic carbocycles. The molecule has 0 aromatic carbocycles. The van der Waals surface area contributed by atoms with Crippen LogP contribution >= 0.6 is 0 Å². The summed E-state index contributed by atoms with van der Waals surface area (Å²) in [6, 6.07) is 4.00. The van der Waals surface area contributed by atoms with Gasteiger partial charge < -0.3 is 10.6 Å². The van der Waals surface area contributed by atoms with E-state index in [0.717, 1.165) is 24.1 Å². The van der Waals surface area contributed by atoms with Crippen molar-refractivity contribution in [3.8, 4) is 0 Å². The minimum Gasteiger partial charge on any atom is -0.334 e. The Hall–Kier alpha value is -1.42. The molecule has 2 rings (SSSR count). The van der Waals surface area contributed by atoms with Crippen LogP contribution in [0.4, 0.5) is 0 Å². The van der Waals surface area contributed by atoms with Crippen molar-refractivity contribution in [3.05, 3.63) is 29.6 Å². The van der Waals surface area contributed by atoms with Gasteiger partial charge in [-0.2, -0.15) is 0 Å². The monoisotopic (exact) mass is 233 g/mol. The largest absolute Gasteiger partial charge is 0.334 e. The van der Waals surface area contributed by atoms with Crippen molar-refractivity contribution >= 4 is 5.91 Å². The number of rotatable bonds is 4. The first-order chi connectivity index (χ1) is 8.22. The van der Waals surface area contributed by atoms with Crippen LogP contribution < -0.4 is 5.73 Å². The Labute approximate surface area is 102 Å². The molecule has 4 heteroatoms. The second kappa shape index (κ2) is 5.27. The highest BCUT2D eigenvalue weighted by molar-refractivity contribution is 5.94. The molecule has 1 heterocycles. The fourth-order valence-electron chi connectivity index (χ4n) is 2.13. The second-order valence-corrected chi connectivity index (χ2v) is 4.56. The fraction of sp³-hybridized carbons (Fsp3) is 0.538. The van der Waals surface area contributed by atoms with Gasteiger partial charge in [0.15, 0.2) is 0 Å². The molecule has 1 aliphatic rings. The average Bonchev–Trinajstić information content (AvgIpc) is 2.25. The Kier molecular flexibility index (Phi) is 3.74. The number of hydrogen-bond acceptors (Lipinski definition) is 3. The van der Waals surface area contributed by atoms with Crippen LogP contribution in [0.1, 0.15) is 35.3 Å². The molecule has 0 radical (unpaired) electrons. The maximum absolute atomic E-state index is 12.4. The third kappa shape index (κ3) is 2.64. The average molecular weight is 233 g/mol. The zero-order valence-electron chi connectivity index (χ0n) is 10.2. The summed E-state index contributed by atoms with van der Waals surface area (Å²) in [6.45, 7) is 3.06. The molecule has 1 aromatic heterocycles. The number of aryl methyl sites for hydroxylation is 1. The highest BCUT2D eigenvalue weighted by Crippen LogP contribution is 2.25. The molecule has 4 nitrogen and oxygen atoms in total. The second-order valence-electron chi connectivity index (χ2n) is 4.56. The summed E-state index contributed by atoms with van der Waals surface area (Å²) in [5, 5.41) is 0. The summed E-state index contributed by atoms with van der Waals surface area (Å²) in [5.41, 5.74) is 7.18. The van der Waals surface area contributed by atoms with Crippen LogP contribution in [0.2, 0.25) is 0 Å². The molecule has 0 spiro atoms. The molecule has 0 atom stereocenters. The lowest BCUT2D eigenvalue weighted by Gasteiger charge is -2.37. The molecule has 1 amide bonds. The molecule has 1 saturated carbocycles. The number of hydrogen-bond donors (Lipinski definition) is 1. The molecule has 17 heavy (non-hydrogen) atoms. The van der Waals surface area contributed by atoms with E-state index in [2.05, 4.69) is 4.98 Å². The number of nitrogens with zero attached hydrogens (tertiary/aromatic N) is 2. The molecule has 92 valence electrons. The van der Waals surface area contributed by atoms with Crippen molar-refractivity contribution in [2.45, 2.75) is 32.2 Å². The lowest BCUT2D eigenvalue weighted by Crippen LogP contribution is -2.46. The molecule has 2 N–H and O–H groups in total. The van der Waals surface area contributed by atoms with Crippen LogP contribution in [-0.2, 0) is 0 Å². The van der Waals surface area contributed by atoms with E-state index in [1.807, 2.05) is 17.9 Å². The molecule has 0 unspecified atom stereocenters. The van der Waals surface area contributed by atoms with E-state index < -0.39 is 0 Å². The van der Waals surface area contributed by atoms with Gasteiger partial charge in [-0.25, -0.2) is 0 Å². The summed E-state index contributed by atoms with van der Waals surface area (Å²) in [6.07, 6.45) is 5.12. The van der Waals surface area contributed by atoms with Crippen molar-refractivity contribution in [1.82, 2.24) is 9.88 Å². The lowest BCUT2D eigenvalue weighted by molar-refractivity contribution is 0.0588. The number of pyridine rings is 1. The molecular formula is C13H19N3O. The standard InChI is InChI=1S/C13H19N3O/c1-10-9-11(5-7-15-10)13(17)16(8-6-14)12-3-2-4-12/h5,7,9,12H,2-4,6,8,14H2,1H3. The fourth-order valence-corrected chi connectivity index (χ4v) is 2.13. The Balaban J connectivity index is 2.15. The van der Waals surface area contributed by atoms with Gasteiger partial charge in [0.1, 0.15) is 0 Å². The summed E-state index contributed by atoms with van der Waals surface area (Å²) in [5.74, 6) is 0.0886. The first-order valence-electron chi connectivity index (χ1n) is 6.16. The van der Waals surface area contributed by atoms with Gasteiger partial charge in [-0.05, 0) is 38.3 Å². The van der Waals surface area contributed by atoms with Gasteiger partial charge in [0.2, 0.25) is 0 Å². The topological polar surface area (TPSA) is 59.2 Å². The smallest absolute Gasteiger partial charge is 0.254 e. The highest BCUT2D eigenvalue weighted by Gasteiger charge is 2.28. The van der Waals surface area contributed by atoms with E-state index in [9.17, 15) is 4.79 Å². The number of amides is 1. The Morgan fingerprint density at radius 3 is 2.88 bits per heavy atom. The first kappa shape index (κ1) is 12.0. The first-order valence-corrected chi connectivity index (χ1v) is 6.16. The zero-order valence-corrected chi connectivity index (χ0v) is 10.2. The van der Waals surface area contributed by atoms with Crippen molar-refractivity contribution in [1.29, 1.82) is 0 Å². The van der Waals surface area contributed by atoms with E-state index in [0.29, 0.717) is 19.1 Å². The van der Waals surface area contributed by atoms with E-state index in [1.54, 1.807) is 12.3 Å². The van der Waals surface area contributed by atoms with Crippen molar-refractivity contribution in [3.63, 3.8) is 0 Å². The molecule has 0 saturated heterocycles. The SMILES string of the molecule is Cc1cc(C(=O)N(CCN)C2CCC2)ccn1. The van der Waals surface area contributed by atoms with Gasteiger partial charge in [-0.3, -0.25) is 9.78 Å². The number of carbonyl (C=O) groups is 1. The molecule has 0 bridgehead atoms. The summed E-state index contributed by atoms with van der Waals surface area (Å²) in [4.78, 5) is 18.4. The number of carbonyl (C=O) groups excluding carboxylic acids is 1. The van der Waals surface area contributed by atoms with Crippen LogP contribution in [0.15, 0.2) is 18.3 Å². The van der Waals surface area contributed by atoms with E-state index in [1.165, 1.54) is 6.42 Å². The molecule has 1 fully saturated rings. The van der Waals surface area contributed by atoms with Gasteiger partial charge in [-0.1, -0.05) is 0 Å². The quantitative estimate of drug-likeness (QED) is 0.853. The van der Waals surface area contributed by atoms with Gasteiger partial charge in [0, 0.05) is 36.6 Å². The maximum atomic E-state index is 12.4. The van der Waals surface area contributed by atoms with Crippen LogP contribution in [-0.4, -0.2) is 34.9 Å². The van der Waals surface area contributed by atoms with Crippen LogP contribution in [0.5, 0.6) is 0 Å². The lowest BCUT2D eigenvalue weighted by atomic mass is 9.91. The van der Waals surface area contributed by atoms with E-state index in [-0.39, 0.29) is 5.91 Å². The Bertz CT molecular complexity index is 401. The third-order valence-corrected chi connectivity index (χ3v) is 3.29. The van der Waals surface area contributed by atoms with Crippen molar-refractivity contribution < 1.29 is 4.79 Å². The number of aromatic nitrogens is 1. The molecular weight excluding hydrogens is 214 g/mol. The maximum Gasteiger partial charge on any atom is 0.254 e. The minimum atomic E-state index is 0.0886. The van der Waals surface area contributed by atoms with Crippen molar-refractivity contribution in [2.75, 3.05) is 13.1 Å². The van der Waals surface area contributed by atoms with Crippen LogP contribution in [0.3, 0.4) is 0 Å². The predicted octanol–water partition coefficient (Wildman–Crippen LogP) is 1.34. The minimum absolute atomic E-state index is 0.0886. The van der Waals surface area contributed by atoms with Gasteiger partial charge in [-0.15, -0.1) is 0 Å². The Morgan fingerprint density at radius 1 is 1.59 bits per heavy atom. The summed E-state index contributed by atoms with van der Waals surface area (Å²) < 4.78 is 0. The van der Waals surface area contributed by atoms with E-state index in [4.69, 9.17) is 5.73 Å². The van der Waals surface area contributed by atoms with Gasteiger partial charge >= 0.3 is 0 Å². The summed E-state index contributed by atoms with van der Waals surface area (Å²) >= 11 is 0. The van der Waals surface area contributed by atoms with Crippen LogP contribution in [0, 0.1) is 6.92 Å².